The van der Waals surface area contributed by atoms with E-state index < -0.39 is 10.0 Å². The fourth-order valence-electron chi connectivity index (χ4n) is 6.74. The summed E-state index contributed by atoms with van der Waals surface area (Å²) in [4.78, 5) is 13.3. The molecular formula is C22H29ClN2O3S. The van der Waals surface area contributed by atoms with Crippen LogP contribution in [-0.2, 0) is 14.8 Å². The van der Waals surface area contributed by atoms with Crippen LogP contribution >= 0.6 is 11.6 Å². The Morgan fingerprint density at radius 2 is 1.48 bits per heavy atom. The smallest absolute Gasteiger partial charge is 0.243 e. The van der Waals surface area contributed by atoms with Gasteiger partial charge in [0.15, 0.2) is 0 Å². The Kier molecular flexibility index (Phi) is 4.95. The van der Waals surface area contributed by atoms with Crippen LogP contribution in [0, 0.1) is 23.7 Å². The Bertz CT molecular complexity index is 856. The van der Waals surface area contributed by atoms with Crippen LogP contribution in [0.25, 0.3) is 0 Å². The zero-order chi connectivity index (χ0) is 20.2. The molecule has 5 aliphatic rings. The predicted molar refractivity (Wildman–Crippen MR) is 112 cm³/mol. The zero-order valence-corrected chi connectivity index (χ0v) is 18.2. The molecule has 1 N–H and O–H groups in total. The summed E-state index contributed by atoms with van der Waals surface area (Å²) >= 11 is 5.88. The van der Waals surface area contributed by atoms with Crippen LogP contribution in [0.5, 0.6) is 0 Å². The lowest BCUT2D eigenvalue weighted by atomic mass is 9.53. The van der Waals surface area contributed by atoms with Crippen molar-refractivity contribution < 1.29 is 13.2 Å². The molecule has 29 heavy (non-hydrogen) atoms. The Morgan fingerprint density at radius 3 is 2.00 bits per heavy atom. The molecule has 6 rings (SSSR count). The number of hydrogen-bond donors (Lipinski definition) is 1. The number of sulfonamides is 1. The largest absolute Gasteiger partial charge is 0.350 e. The minimum absolute atomic E-state index is 0.0261. The van der Waals surface area contributed by atoms with Crippen LogP contribution in [0.2, 0.25) is 5.02 Å². The first kappa shape index (κ1) is 19.8. The number of carbonyl (C=O) groups excluding carboxylic acids is 1. The molecule has 158 valence electrons. The Balaban J connectivity index is 1.21. The van der Waals surface area contributed by atoms with Gasteiger partial charge in [-0.25, -0.2) is 8.42 Å². The second-order valence-electron chi connectivity index (χ2n) is 9.82. The molecule has 5 nitrogen and oxygen atoms in total. The summed E-state index contributed by atoms with van der Waals surface area (Å²) < 4.78 is 27.2. The molecule has 1 amide bonds. The molecule has 1 heterocycles. The van der Waals surface area contributed by atoms with E-state index in [0.717, 1.165) is 37.0 Å². The van der Waals surface area contributed by atoms with E-state index in [4.69, 9.17) is 11.6 Å². The SMILES string of the molecule is O=C(NC12CC3CC(CC(C3)C1)C2)C1CCN(S(=O)(=O)c2ccc(Cl)cc2)CC1. The van der Waals surface area contributed by atoms with Crippen LogP contribution in [-0.4, -0.2) is 37.3 Å². The lowest BCUT2D eigenvalue weighted by Crippen LogP contribution is -2.61. The molecule has 4 bridgehead atoms. The molecule has 4 aliphatic carbocycles. The number of hydrogen-bond acceptors (Lipinski definition) is 3. The third-order valence-corrected chi connectivity index (χ3v) is 9.87. The summed E-state index contributed by atoms with van der Waals surface area (Å²) in [5, 5.41) is 3.98. The first-order chi connectivity index (χ1) is 13.8. The van der Waals surface area contributed by atoms with Gasteiger partial charge >= 0.3 is 0 Å². The van der Waals surface area contributed by atoms with Gasteiger partial charge in [0.05, 0.1) is 4.90 Å². The molecular weight excluding hydrogens is 408 g/mol. The number of nitrogens with zero attached hydrogens (tertiary/aromatic N) is 1. The molecule has 1 saturated heterocycles. The van der Waals surface area contributed by atoms with Crippen molar-refractivity contribution in [1.82, 2.24) is 9.62 Å². The lowest BCUT2D eigenvalue weighted by molar-refractivity contribution is -0.132. The van der Waals surface area contributed by atoms with Crippen molar-refractivity contribution in [1.29, 1.82) is 0 Å². The summed E-state index contributed by atoms with van der Waals surface area (Å²) in [5.41, 5.74) is 0.0261. The van der Waals surface area contributed by atoms with E-state index in [-0.39, 0.29) is 22.3 Å². The monoisotopic (exact) mass is 436 g/mol. The average molecular weight is 437 g/mol. The van der Waals surface area contributed by atoms with E-state index in [1.165, 1.54) is 23.6 Å². The van der Waals surface area contributed by atoms with Gasteiger partial charge in [0.1, 0.15) is 0 Å². The maximum absolute atomic E-state index is 13.1. The van der Waals surface area contributed by atoms with E-state index in [2.05, 4.69) is 5.32 Å². The van der Waals surface area contributed by atoms with Gasteiger partial charge in [-0.3, -0.25) is 4.79 Å². The Labute approximate surface area is 178 Å². The van der Waals surface area contributed by atoms with Gasteiger partial charge in [-0.2, -0.15) is 4.31 Å². The minimum Gasteiger partial charge on any atom is -0.350 e. The van der Waals surface area contributed by atoms with Gasteiger partial charge < -0.3 is 5.32 Å². The van der Waals surface area contributed by atoms with Crippen molar-refractivity contribution in [2.24, 2.45) is 23.7 Å². The highest BCUT2D eigenvalue weighted by atomic mass is 35.5. The van der Waals surface area contributed by atoms with Crippen LogP contribution in [0.1, 0.15) is 51.4 Å². The number of halogens is 1. The van der Waals surface area contributed by atoms with Gasteiger partial charge in [-0.1, -0.05) is 11.6 Å². The maximum Gasteiger partial charge on any atom is 0.243 e. The summed E-state index contributed by atoms with van der Waals surface area (Å²) in [6.45, 7) is 0.786. The third kappa shape index (κ3) is 3.72. The van der Waals surface area contributed by atoms with Crippen molar-refractivity contribution in [2.45, 2.75) is 61.8 Å². The van der Waals surface area contributed by atoms with Crippen LogP contribution in [0.4, 0.5) is 0 Å². The number of amides is 1. The highest BCUT2D eigenvalue weighted by Gasteiger charge is 2.52. The van der Waals surface area contributed by atoms with Gasteiger partial charge in [-0.05, 0) is 93.4 Å². The molecule has 4 saturated carbocycles. The first-order valence-corrected chi connectivity index (χ1v) is 12.7. The summed E-state index contributed by atoms with van der Waals surface area (Å²) in [7, 11) is -3.53. The standard InChI is InChI=1S/C22H29ClN2O3S/c23-19-1-3-20(4-2-19)29(27,28)25-7-5-18(6-8-25)21(26)24-22-12-15-9-16(13-22)11-17(10-15)14-22/h1-4,15-18H,5-14H2,(H,24,26). The van der Waals surface area contributed by atoms with Gasteiger partial charge in [0.2, 0.25) is 15.9 Å². The Hall–Kier alpha value is -1.11. The van der Waals surface area contributed by atoms with Gasteiger partial charge in [0.25, 0.3) is 0 Å². The highest BCUT2D eigenvalue weighted by molar-refractivity contribution is 7.89. The number of nitrogens with one attached hydrogen (secondary N) is 1. The van der Waals surface area contributed by atoms with Crippen LogP contribution in [0.15, 0.2) is 29.2 Å². The van der Waals surface area contributed by atoms with Crippen LogP contribution < -0.4 is 5.32 Å². The molecule has 0 atom stereocenters. The topological polar surface area (TPSA) is 66.5 Å². The molecule has 7 heteroatoms. The maximum atomic E-state index is 13.1. The predicted octanol–water partition coefficient (Wildman–Crippen LogP) is 3.83. The summed E-state index contributed by atoms with van der Waals surface area (Å²) in [6, 6.07) is 6.28. The second kappa shape index (κ2) is 7.24. The van der Waals surface area contributed by atoms with E-state index in [1.54, 1.807) is 24.3 Å². The van der Waals surface area contributed by atoms with Crippen molar-refractivity contribution in [3.05, 3.63) is 29.3 Å². The second-order valence-corrected chi connectivity index (χ2v) is 12.2. The molecule has 0 spiro atoms. The van der Waals surface area contributed by atoms with Gasteiger partial charge in [0, 0.05) is 29.6 Å². The van der Waals surface area contributed by atoms with Crippen molar-refractivity contribution in [3.8, 4) is 0 Å². The fraction of sp³-hybridized carbons (Fsp3) is 0.682. The average Bonchev–Trinajstić information content (AvgIpc) is 2.67. The molecule has 0 unspecified atom stereocenters. The molecule has 1 aromatic carbocycles. The van der Waals surface area contributed by atoms with Gasteiger partial charge in [-0.15, -0.1) is 0 Å². The van der Waals surface area contributed by atoms with Crippen LogP contribution in [0.3, 0.4) is 0 Å². The summed E-state index contributed by atoms with van der Waals surface area (Å²) in [6.07, 6.45) is 8.69. The number of carbonyl (C=O) groups is 1. The molecule has 1 aliphatic heterocycles. The number of piperidine rings is 1. The van der Waals surface area contributed by atoms with E-state index in [1.807, 2.05) is 0 Å². The Morgan fingerprint density at radius 1 is 0.966 bits per heavy atom. The van der Waals surface area contributed by atoms with Crippen molar-refractivity contribution >= 4 is 27.5 Å². The lowest BCUT2D eigenvalue weighted by Gasteiger charge is -2.57. The quantitative estimate of drug-likeness (QED) is 0.780. The molecule has 0 radical (unpaired) electrons. The summed E-state index contributed by atoms with van der Waals surface area (Å²) in [5.74, 6) is 2.46. The fourth-order valence-corrected chi connectivity index (χ4v) is 8.34. The molecule has 1 aromatic rings. The zero-order valence-electron chi connectivity index (χ0n) is 16.6. The van der Waals surface area contributed by atoms with Crippen molar-refractivity contribution in [2.75, 3.05) is 13.1 Å². The number of rotatable bonds is 4. The highest BCUT2D eigenvalue weighted by Crippen LogP contribution is 2.55. The minimum atomic E-state index is -3.53. The third-order valence-electron chi connectivity index (χ3n) is 7.70. The number of benzene rings is 1. The normalized spacial score (nSPS) is 35.0. The molecule has 0 aromatic heterocycles. The van der Waals surface area contributed by atoms with Crippen molar-refractivity contribution in [3.63, 3.8) is 0 Å². The first-order valence-electron chi connectivity index (χ1n) is 10.9. The van der Waals surface area contributed by atoms with E-state index >= 15 is 0 Å². The van der Waals surface area contributed by atoms with E-state index in [0.29, 0.717) is 31.0 Å². The molecule has 5 fully saturated rings. The van der Waals surface area contributed by atoms with E-state index in [9.17, 15) is 13.2 Å².